The minimum atomic E-state index is -4.14. The van der Waals surface area contributed by atoms with E-state index in [2.05, 4.69) is 0 Å². The molecule has 1 aromatic carbocycles. The first kappa shape index (κ1) is 15.4. The Balaban J connectivity index is 2.54. The summed E-state index contributed by atoms with van der Waals surface area (Å²) in [7, 11) is -4.14. The molecule has 1 heterocycles. The number of carbonyl (C=O) groups excluding carboxylic acids is 2. The second-order valence-corrected chi connectivity index (χ2v) is 6.64. The molecule has 1 aliphatic heterocycles. The van der Waals surface area contributed by atoms with Crippen molar-refractivity contribution in [3.63, 3.8) is 0 Å². The van der Waals surface area contributed by atoms with Gasteiger partial charge in [0, 0.05) is 0 Å². The van der Waals surface area contributed by atoms with Crippen molar-refractivity contribution in [1.82, 2.24) is 9.62 Å². The molecule has 0 aromatic heterocycles. The van der Waals surface area contributed by atoms with Crippen molar-refractivity contribution in [3.8, 4) is 0 Å². The zero-order chi connectivity index (χ0) is 15.9. The van der Waals surface area contributed by atoms with Crippen molar-refractivity contribution >= 4 is 27.5 Å². The summed E-state index contributed by atoms with van der Waals surface area (Å²) in [5.41, 5.74) is 5.23. The normalized spacial score (nSPS) is 20.4. The van der Waals surface area contributed by atoms with Crippen LogP contribution in [0.3, 0.4) is 0 Å². The highest BCUT2D eigenvalue weighted by atomic mass is 32.2. The number of benzene rings is 1. The number of nitrogens with zero attached hydrogens (tertiary/aromatic N) is 1. The van der Waals surface area contributed by atoms with E-state index in [1.165, 1.54) is 13.8 Å². The maximum Gasteiger partial charge on any atom is 0.244 e. The van der Waals surface area contributed by atoms with Gasteiger partial charge in [-0.25, -0.2) is 12.8 Å². The van der Waals surface area contributed by atoms with Gasteiger partial charge in [-0.3, -0.25) is 14.9 Å². The van der Waals surface area contributed by atoms with E-state index >= 15 is 0 Å². The minimum absolute atomic E-state index is 0.146. The molecular weight excluding hydrogens is 301 g/mol. The SMILES string of the molecule is Cc1cc(F)c(N)cc1S(=O)(=O)N1CC(=O)NC(=O)C1C. The van der Waals surface area contributed by atoms with Crippen LogP contribution in [0.2, 0.25) is 0 Å². The molecule has 0 bridgehead atoms. The number of sulfonamides is 1. The van der Waals surface area contributed by atoms with Crippen molar-refractivity contribution in [2.75, 3.05) is 12.3 Å². The number of rotatable bonds is 2. The highest BCUT2D eigenvalue weighted by Crippen LogP contribution is 2.26. The van der Waals surface area contributed by atoms with Crippen molar-refractivity contribution in [2.24, 2.45) is 0 Å². The predicted molar refractivity (Wildman–Crippen MR) is 72.1 cm³/mol. The molecular formula is C12H14FN3O4S. The zero-order valence-electron chi connectivity index (χ0n) is 11.4. The third-order valence-electron chi connectivity index (χ3n) is 3.25. The molecule has 114 valence electrons. The van der Waals surface area contributed by atoms with Crippen LogP contribution in [0.1, 0.15) is 12.5 Å². The molecule has 1 aliphatic rings. The number of aryl methyl sites for hydroxylation is 1. The molecule has 7 nitrogen and oxygen atoms in total. The average Bonchev–Trinajstić information content (AvgIpc) is 2.37. The van der Waals surface area contributed by atoms with E-state index in [0.717, 1.165) is 16.4 Å². The molecule has 1 aromatic rings. The van der Waals surface area contributed by atoms with Gasteiger partial charge in [0.15, 0.2) is 0 Å². The summed E-state index contributed by atoms with van der Waals surface area (Å²) in [6, 6.07) is 0.945. The zero-order valence-corrected chi connectivity index (χ0v) is 12.2. The van der Waals surface area contributed by atoms with E-state index in [4.69, 9.17) is 5.73 Å². The largest absolute Gasteiger partial charge is 0.396 e. The number of nitrogens with one attached hydrogen (secondary N) is 1. The smallest absolute Gasteiger partial charge is 0.244 e. The molecule has 1 saturated heterocycles. The summed E-state index contributed by atoms with van der Waals surface area (Å²) in [5, 5.41) is 2.05. The van der Waals surface area contributed by atoms with Gasteiger partial charge in [0.2, 0.25) is 21.8 Å². The Morgan fingerprint density at radius 2 is 2.00 bits per heavy atom. The van der Waals surface area contributed by atoms with Gasteiger partial charge in [-0.2, -0.15) is 4.31 Å². The first-order valence-corrected chi connectivity index (χ1v) is 7.49. The Morgan fingerprint density at radius 1 is 1.38 bits per heavy atom. The molecule has 3 N–H and O–H groups in total. The number of piperazine rings is 1. The Morgan fingerprint density at radius 3 is 2.62 bits per heavy atom. The number of nitrogen functional groups attached to an aromatic ring is 1. The van der Waals surface area contributed by atoms with E-state index in [9.17, 15) is 22.4 Å². The molecule has 0 spiro atoms. The lowest BCUT2D eigenvalue weighted by Gasteiger charge is -2.31. The lowest BCUT2D eigenvalue weighted by Crippen LogP contribution is -2.58. The Bertz CT molecular complexity index is 732. The maximum atomic E-state index is 13.3. The van der Waals surface area contributed by atoms with E-state index in [1.807, 2.05) is 5.32 Å². The molecule has 0 aliphatic carbocycles. The fourth-order valence-corrected chi connectivity index (χ4v) is 3.85. The quantitative estimate of drug-likeness (QED) is 0.578. The van der Waals surface area contributed by atoms with Crippen LogP contribution in [0, 0.1) is 12.7 Å². The number of imide groups is 1. The van der Waals surface area contributed by atoms with Gasteiger partial charge in [0.1, 0.15) is 11.9 Å². The van der Waals surface area contributed by atoms with Crippen LogP contribution >= 0.6 is 0 Å². The summed E-state index contributed by atoms with van der Waals surface area (Å²) >= 11 is 0. The van der Waals surface area contributed by atoms with Gasteiger partial charge in [-0.15, -0.1) is 0 Å². The highest BCUT2D eigenvalue weighted by molar-refractivity contribution is 7.89. The summed E-state index contributed by atoms with van der Waals surface area (Å²) in [6.07, 6.45) is 0. The number of hydrogen-bond acceptors (Lipinski definition) is 5. The fraction of sp³-hybridized carbons (Fsp3) is 0.333. The van der Waals surface area contributed by atoms with E-state index in [0.29, 0.717) is 0 Å². The van der Waals surface area contributed by atoms with Gasteiger partial charge < -0.3 is 5.73 Å². The average molecular weight is 315 g/mol. The summed E-state index contributed by atoms with van der Waals surface area (Å²) in [5.74, 6) is -2.15. The number of anilines is 1. The van der Waals surface area contributed by atoms with Gasteiger partial charge in [-0.05, 0) is 31.5 Å². The Hall–Kier alpha value is -2.00. The lowest BCUT2D eigenvalue weighted by atomic mass is 10.2. The standard InChI is InChI=1S/C12H14FN3O4S/c1-6-3-8(13)9(14)4-10(6)21(19,20)16-5-11(17)15-12(18)7(16)2/h3-4,7H,5,14H2,1-2H3,(H,15,17,18). The number of halogens is 1. The monoisotopic (exact) mass is 315 g/mol. The van der Waals surface area contributed by atoms with Crippen molar-refractivity contribution in [2.45, 2.75) is 24.8 Å². The molecule has 2 amide bonds. The van der Waals surface area contributed by atoms with Crippen LogP contribution in [0.4, 0.5) is 10.1 Å². The number of amides is 2. The number of nitrogens with two attached hydrogens (primary N) is 1. The number of hydrogen-bond donors (Lipinski definition) is 2. The number of carbonyl (C=O) groups is 2. The molecule has 9 heteroatoms. The van der Waals surface area contributed by atoms with Gasteiger partial charge >= 0.3 is 0 Å². The van der Waals surface area contributed by atoms with Crippen LogP contribution in [0.25, 0.3) is 0 Å². The Labute approximate surface area is 121 Å². The van der Waals surface area contributed by atoms with Gasteiger partial charge in [0.05, 0.1) is 17.1 Å². The van der Waals surface area contributed by atoms with Crippen LogP contribution in [-0.4, -0.2) is 37.1 Å². The van der Waals surface area contributed by atoms with Gasteiger partial charge in [0.25, 0.3) is 0 Å². The molecule has 21 heavy (non-hydrogen) atoms. The predicted octanol–water partition coefficient (Wildman–Crippen LogP) is -0.248. The van der Waals surface area contributed by atoms with Crippen molar-refractivity contribution < 1.29 is 22.4 Å². The van der Waals surface area contributed by atoms with E-state index in [1.54, 1.807) is 0 Å². The second kappa shape index (κ2) is 5.08. The van der Waals surface area contributed by atoms with Crippen molar-refractivity contribution in [3.05, 3.63) is 23.5 Å². The van der Waals surface area contributed by atoms with Crippen LogP contribution < -0.4 is 11.1 Å². The first-order valence-electron chi connectivity index (χ1n) is 6.05. The molecule has 1 fully saturated rings. The minimum Gasteiger partial charge on any atom is -0.396 e. The second-order valence-electron chi connectivity index (χ2n) is 4.78. The van der Waals surface area contributed by atoms with Crippen LogP contribution in [-0.2, 0) is 19.6 Å². The van der Waals surface area contributed by atoms with Crippen LogP contribution in [0.15, 0.2) is 17.0 Å². The molecule has 1 unspecified atom stereocenters. The summed E-state index contributed by atoms with van der Waals surface area (Å²) in [4.78, 5) is 22.7. The molecule has 0 radical (unpaired) electrons. The lowest BCUT2D eigenvalue weighted by molar-refractivity contribution is -0.136. The summed E-state index contributed by atoms with van der Waals surface area (Å²) < 4.78 is 39.3. The summed E-state index contributed by atoms with van der Waals surface area (Å²) in [6.45, 7) is 2.29. The highest BCUT2D eigenvalue weighted by Gasteiger charge is 2.39. The van der Waals surface area contributed by atoms with E-state index < -0.39 is 40.2 Å². The fourth-order valence-electron chi connectivity index (χ4n) is 2.06. The Kier molecular flexibility index (Phi) is 3.72. The van der Waals surface area contributed by atoms with Gasteiger partial charge in [-0.1, -0.05) is 0 Å². The third-order valence-corrected chi connectivity index (χ3v) is 5.31. The maximum absolute atomic E-state index is 13.3. The topological polar surface area (TPSA) is 110 Å². The molecule has 2 rings (SSSR count). The van der Waals surface area contributed by atoms with Crippen molar-refractivity contribution in [1.29, 1.82) is 0 Å². The molecule has 1 atom stereocenters. The first-order chi connectivity index (χ1) is 9.64. The molecule has 0 saturated carbocycles. The third kappa shape index (κ3) is 2.61. The van der Waals surface area contributed by atoms with E-state index in [-0.39, 0.29) is 16.1 Å². The van der Waals surface area contributed by atoms with Crippen LogP contribution in [0.5, 0.6) is 0 Å².